The van der Waals surface area contributed by atoms with Crippen LogP contribution in [0, 0.1) is 0 Å². The summed E-state index contributed by atoms with van der Waals surface area (Å²) in [6, 6.07) is 10.1. The fourth-order valence-corrected chi connectivity index (χ4v) is 2.27. The average molecular weight is 254 g/mol. The number of ether oxygens (including phenoxy) is 1. The molecular weight excluding hydrogens is 238 g/mol. The lowest BCUT2D eigenvalue weighted by Gasteiger charge is -2.28. The second-order valence-electron chi connectivity index (χ2n) is 4.43. The minimum absolute atomic E-state index is 0.00343. The number of amides is 1. The van der Waals surface area contributed by atoms with E-state index >= 15 is 0 Å². The van der Waals surface area contributed by atoms with Crippen molar-refractivity contribution in [2.24, 2.45) is 0 Å². The summed E-state index contributed by atoms with van der Waals surface area (Å²) in [7, 11) is 0. The van der Waals surface area contributed by atoms with E-state index in [2.05, 4.69) is 17.4 Å². The third kappa shape index (κ3) is 3.20. The molecule has 17 heavy (non-hydrogen) atoms. The first-order valence-corrected chi connectivity index (χ1v) is 6.26. The Morgan fingerprint density at radius 3 is 2.76 bits per heavy atom. The molecule has 1 heterocycles. The predicted molar refractivity (Wildman–Crippen MR) is 67.2 cm³/mol. The maximum absolute atomic E-state index is 11.5. The fraction of sp³-hybridized carbons (Fsp3) is 0.462. The van der Waals surface area contributed by atoms with Crippen molar-refractivity contribution in [1.29, 1.82) is 0 Å². The van der Waals surface area contributed by atoms with E-state index in [0.29, 0.717) is 13.2 Å². The van der Waals surface area contributed by atoms with Gasteiger partial charge in [-0.3, -0.25) is 4.79 Å². The monoisotopic (exact) mass is 253 g/mol. The fourth-order valence-electron chi connectivity index (χ4n) is 2.21. The first kappa shape index (κ1) is 12.4. The first-order valence-electron chi connectivity index (χ1n) is 5.73. The summed E-state index contributed by atoms with van der Waals surface area (Å²) in [6.45, 7) is 1.25. The van der Waals surface area contributed by atoms with Gasteiger partial charge >= 0.3 is 0 Å². The molecule has 1 aliphatic rings. The highest BCUT2D eigenvalue weighted by atomic mass is 35.5. The number of carbonyl (C=O) groups is 1. The van der Waals surface area contributed by atoms with E-state index in [-0.39, 0.29) is 17.3 Å². The van der Waals surface area contributed by atoms with Crippen molar-refractivity contribution in [2.45, 2.75) is 18.4 Å². The molecule has 2 rings (SSSR count). The maximum atomic E-state index is 11.5. The Bertz CT molecular complexity index is 374. The van der Waals surface area contributed by atoms with Gasteiger partial charge in [-0.05, 0) is 18.4 Å². The summed E-state index contributed by atoms with van der Waals surface area (Å²) in [4.78, 5) is 11.5. The minimum Gasteiger partial charge on any atom is -0.379 e. The lowest BCUT2D eigenvalue weighted by Crippen LogP contribution is -2.51. The van der Waals surface area contributed by atoms with Gasteiger partial charge in [0.2, 0.25) is 5.91 Å². The average Bonchev–Trinajstić information content (AvgIpc) is 2.78. The van der Waals surface area contributed by atoms with Gasteiger partial charge in [0.1, 0.15) is 5.88 Å². The summed E-state index contributed by atoms with van der Waals surface area (Å²) in [5.41, 5.74) is 0.917. The van der Waals surface area contributed by atoms with Crippen LogP contribution in [0.4, 0.5) is 0 Å². The van der Waals surface area contributed by atoms with Gasteiger partial charge in [0.15, 0.2) is 0 Å². The second kappa shape index (κ2) is 5.52. The van der Waals surface area contributed by atoms with Gasteiger partial charge in [0.25, 0.3) is 0 Å². The smallest absolute Gasteiger partial charge is 0.235 e. The number of benzene rings is 1. The minimum atomic E-state index is -0.284. The van der Waals surface area contributed by atoms with Crippen molar-refractivity contribution in [3.05, 3.63) is 35.9 Å². The van der Waals surface area contributed by atoms with Crippen molar-refractivity contribution >= 4 is 17.5 Å². The van der Waals surface area contributed by atoms with Crippen LogP contribution in [0.2, 0.25) is 0 Å². The van der Waals surface area contributed by atoms with Crippen LogP contribution in [0.1, 0.15) is 12.0 Å². The Kier molecular flexibility index (Phi) is 4.02. The van der Waals surface area contributed by atoms with Gasteiger partial charge in [0.05, 0.1) is 12.1 Å². The number of carbonyl (C=O) groups excluding carboxylic acids is 1. The van der Waals surface area contributed by atoms with Gasteiger partial charge < -0.3 is 10.1 Å². The molecule has 0 aromatic heterocycles. The van der Waals surface area contributed by atoms with Gasteiger partial charge in [-0.1, -0.05) is 30.3 Å². The molecule has 1 unspecified atom stereocenters. The molecule has 0 aliphatic carbocycles. The summed E-state index contributed by atoms with van der Waals surface area (Å²) in [5.74, 6) is -0.135. The van der Waals surface area contributed by atoms with Crippen molar-refractivity contribution in [1.82, 2.24) is 5.32 Å². The number of hydrogen-bond donors (Lipinski definition) is 1. The van der Waals surface area contributed by atoms with Crippen molar-refractivity contribution in [3.63, 3.8) is 0 Å². The zero-order chi connectivity index (χ0) is 12.1. The van der Waals surface area contributed by atoms with Crippen LogP contribution in [0.3, 0.4) is 0 Å². The number of rotatable bonds is 4. The molecule has 1 N–H and O–H groups in total. The Balaban J connectivity index is 2.09. The first-order chi connectivity index (χ1) is 8.24. The van der Waals surface area contributed by atoms with Crippen LogP contribution in [-0.2, 0) is 16.0 Å². The van der Waals surface area contributed by atoms with Gasteiger partial charge in [-0.2, -0.15) is 0 Å². The molecule has 3 nitrogen and oxygen atoms in total. The van der Waals surface area contributed by atoms with E-state index < -0.39 is 0 Å². The van der Waals surface area contributed by atoms with Crippen LogP contribution >= 0.6 is 11.6 Å². The molecule has 1 atom stereocenters. The Labute approximate surface area is 106 Å². The zero-order valence-corrected chi connectivity index (χ0v) is 10.4. The van der Waals surface area contributed by atoms with E-state index in [4.69, 9.17) is 16.3 Å². The highest BCUT2D eigenvalue weighted by molar-refractivity contribution is 6.27. The zero-order valence-electron chi connectivity index (χ0n) is 9.62. The van der Waals surface area contributed by atoms with Crippen molar-refractivity contribution in [2.75, 3.05) is 19.1 Å². The Morgan fingerprint density at radius 1 is 1.41 bits per heavy atom. The molecule has 0 bridgehead atoms. The lowest BCUT2D eigenvalue weighted by atomic mass is 9.90. The number of hydrogen-bond acceptors (Lipinski definition) is 2. The summed E-state index contributed by atoms with van der Waals surface area (Å²) in [6.07, 6.45) is 1.63. The van der Waals surface area contributed by atoms with E-state index in [9.17, 15) is 4.79 Å². The van der Waals surface area contributed by atoms with E-state index in [1.54, 1.807) is 0 Å². The third-order valence-electron chi connectivity index (χ3n) is 3.01. The summed E-state index contributed by atoms with van der Waals surface area (Å²) >= 11 is 5.54. The molecule has 1 aromatic carbocycles. The molecule has 92 valence electrons. The number of halogens is 1. The highest BCUT2D eigenvalue weighted by Crippen LogP contribution is 2.23. The molecule has 4 heteroatoms. The molecule has 0 radical (unpaired) electrons. The maximum Gasteiger partial charge on any atom is 0.235 e. The Morgan fingerprint density at radius 2 is 2.18 bits per heavy atom. The normalized spacial score (nSPS) is 23.6. The molecule has 1 saturated heterocycles. The third-order valence-corrected chi connectivity index (χ3v) is 3.26. The molecule has 0 saturated carbocycles. The lowest BCUT2D eigenvalue weighted by molar-refractivity contribution is -0.120. The second-order valence-corrected chi connectivity index (χ2v) is 4.69. The van der Waals surface area contributed by atoms with Crippen LogP contribution in [0.15, 0.2) is 30.3 Å². The summed E-state index contributed by atoms with van der Waals surface area (Å²) in [5, 5.41) is 2.99. The molecule has 1 amide bonds. The van der Waals surface area contributed by atoms with Gasteiger partial charge in [-0.25, -0.2) is 0 Å². The largest absolute Gasteiger partial charge is 0.379 e. The molecule has 0 spiro atoms. The summed E-state index contributed by atoms with van der Waals surface area (Å²) < 4.78 is 5.42. The van der Waals surface area contributed by atoms with Gasteiger partial charge in [-0.15, -0.1) is 11.6 Å². The van der Waals surface area contributed by atoms with E-state index in [0.717, 1.165) is 12.8 Å². The SMILES string of the molecule is O=C(CCl)NC1(Cc2ccccc2)CCOC1. The number of alkyl halides is 1. The van der Waals surface area contributed by atoms with Crippen LogP contribution in [0.25, 0.3) is 0 Å². The quantitative estimate of drug-likeness (QED) is 0.831. The standard InChI is InChI=1S/C13H16ClNO2/c14-9-12(16)15-13(6-7-17-10-13)8-11-4-2-1-3-5-11/h1-5H,6-10H2,(H,15,16). The Hall–Kier alpha value is -1.06. The molecule has 1 fully saturated rings. The van der Waals surface area contributed by atoms with E-state index in [1.807, 2.05) is 18.2 Å². The van der Waals surface area contributed by atoms with Crippen LogP contribution < -0.4 is 5.32 Å². The van der Waals surface area contributed by atoms with Gasteiger partial charge in [0, 0.05) is 6.61 Å². The number of nitrogens with one attached hydrogen (secondary N) is 1. The van der Waals surface area contributed by atoms with Crippen molar-refractivity contribution in [3.8, 4) is 0 Å². The van der Waals surface area contributed by atoms with Crippen LogP contribution in [-0.4, -0.2) is 30.5 Å². The highest BCUT2D eigenvalue weighted by Gasteiger charge is 2.36. The molecule has 1 aromatic rings. The van der Waals surface area contributed by atoms with Crippen LogP contribution in [0.5, 0.6) is 0 Å². The topological polar surface area (TPSA) is 38.3 Å². The van der Waals surface area contributed by atoms with Crippen molar-refractivity contribution < 1.29 is 9.53 Å². The molecule has 1 aliphatic heterocycles. The molecular formula is C13H16ClNO2. The predicted octanol–water partition coefficient (Wildman–Crippen LogP) is 1.74. The van der Waals surface area contributed by atoms with E-state index in [1.165, 1.54) is 5.56 Å².